The number of nitrogens with one attached hydrogen (secondary N) is 1. The Kier molecular flexibility index (Phi) is 5.39. The predicted octanol–water partition coefficient (Wildman–Crippen LogP) is 5.13. The van der Waals surface area contributed by atoms with E-state index in [1.807, 2.05) is 66.7 Å². The number of ether oxygens (including phenoxy) is 2. The number of benzene rings is 4. The topological polar surface area (TPSA) is 64.9 Å². The molecule has 4 aromatic carbocycles. The Morgan fingerprint density at radius 1 is 0.943 bits per heavy atom. The van der Waals surface area contributed by atoms with Crippen molar-refractivity contribution >= 4 is 33.8 Å². The molecule has 1 atom stereocenters. The van der Waals surface area contributed by atoms with Gasteiger partial charge in [0.2, 0.25) is 6.10 Å². The van der Waals surface area contributed by atoms with Gasteiger partial charge in [-0.2, -0.15) is 5.10 Å². The molecule has 0 spiro atoms. The number of hydrogen-bond donors (Lipinski definition) is 1. The van der Waals surface area contributed by atoms with E-state index in [-0.39, 0.29) is 12.5 Å². The van der Waals surface area contributed by atoms with Gasteiger partial charge in [0, 0.05) is 29.2 Å². The Bertz CT molecular complexity index is 1560. The molecule has 1 amide bonds. The molecular weight excluding hydrogens is 438 g/mol. The quantitative estimate of drug-likeness (QED) is 0.291. The maximum Gasteiger partial charge on any atom is 0.284 e. The van der Waals surface area contributed by atoms with Crippen LogP contribution in [0.3, 0.4) is 0 Å². The Morgan fingerprint density at radius 2 is 1.66 bits per heavy atom. The molecule has 0 radical (unpaired) electrons. The van der Waals surface area contributed by atoms with Crippen molar-refractivity contribution in [3.8, 4) is 11.5 Å². The van der Waals surface area contributed by atoms with Crippen molar-refractivity contribution in [2.45, 2.75) is 12.6 Å². The minimum Gasteiger partial charge on any atom is -0.485 e. The molecule has 172 valence electrons. The fourth-order valence-electron chi connectivity index (χ4n) is 4.41. The van der Waals surface area contributed by atoms with Crippen LogP contribution < -0.4 is 14.9 Å². The van der Waals surface area contributed by atoms with Crippen LogP contribution in [-0.2, 0) is 11.3 Å². The molecule has 1 aromatic heterocycles. The highest BCUT2D eigenvalue weighted by atomic mass is 16.6. The van der Waals surface area contributed by atoms with Gasteiger partial charge >= 0.3 is 0 Å². The van der Waals surface area contributed by atoms with Crippen molar-refractivity contribution in [1.29, 1.82) is 0 Å². The van der Waals surface area contributed by atoms with E-state index >= 15 is 0 Å². The Labute approximate surface area is 202 Å². The van der Waals surface area contributed by atoms with E-state index in [9.17, 15) is 4.79 Å². The number of carbonyl (C=O) groups excluding carboxylic acids is 1. The Balaban J connectivity index is 1.17. The van der Waals surface area contributed by atoms with Crippen LogP contribution in [0.1, 0.15) is 11.1 Å². The van der Waals surface area contributed by atoms with Crippen LogP contribution in [0.5, 0.6) is 11.5 Å². The lowest BCUT2D eigenvalue weighted by atomic mass is 10.1. The highest BCUT2D eigenvalue weighted by Gasteiger charge is 2.27. The molecule has 6 nitrogen and oxygen atoms in total. The van der Waals surface area contributed by atoms with Crippen LogP contribution in [0, 0.1) is 0 Å². The van der Waals surface area contributed by atoms with Crippen molar-refractivity contribution in [2.75, 3.05) is 6.61 Å². The van der Waals surface area contributed by atoms with E-state index in [4.69, 9.17) is 9.47 Å². The zero-order chi connectivity index (χ0) is 23.6. The molecule has 5 aromatic rings. The molecule has 1 aliphatic rings. The van der Waals surface area contributed by atoms with Gasteiger partial charge < -0.3 is 14.0 Å². The lowest BCUT2D eigenvalue weighted by Gasteiger charge is -2.25. The molecule has 0 saturated heterocycles. The summed E-state index contributed by atoms with van der Waals surface area (Å²) in [7, 11) is 0. The Hall–Kier alpha value is -4.58. The third kappa shape index (κ3) is 4.22. The summed E-state index contributed by atoms with van der Waals surface area (Å²) in [5, 5.41) is 7.38. The number of hydrazone groups is 1. The predicted molar refractivity (Wildman–Crippen MR) is 137 cm³/mol. The molecule has 1 aliphatic heterocycles. The number of hydrogen-bond acceptors (Lipinski definition) is 4. The summed E-state index contributed by atoms with van der Waals surface area (Å²) >= 11 is 0. The molecule has 6 rings (SSSR count). The van der Waals surface area contributed by atoms with Crippen LogP contribution in [0.15, 0.2) is 102 Å². The summed E-state index contributed by atoms with van der Waals surface area (Å²) in [6.07, 6.45) is 2.95. The van der Waals surface area contributed by atoms with E-state index in [2.05, 4.69) is 45.6 Å². The van der Waals surface area contributed by atoms with Crippen LogP contribution in [0.25, 0.3) is 21.7 Å². The van der Waals surface area contributed by atoms with Gasteiger partial charge in [0.15, 0.2) is 11.5 Å². The molecule has 2 heterocycles. The average molecular weight is 462 g/mol. The van der Waals surface area contributed by atoms with E-state index < -0.39 is 6.10 Å². The van der Waals surface area contributed by atoms with Crippen molar-refractivity contribution in [1.82, 2.24) is 9.99 Å². The van der Waals surface area contributed by atoms with Crippen molar-refractivity contribution in [3.05, 3.63) is 108 Å². The second-order valence-corrected chi connectivity index (χ2v) is 8.51. The second-order valence-electron chi connectivity index (χ2n) is 8.51. The summed E-state index contributed by atoms with van der Waals surface area (Å²) in [5.74, 6) is 0.846. The first-order chi connectivity index (χ1) is 17.2. The van der Waals surface area contributed by atoms with E-state index in [0.717, 1.165) is 33.8 Å². The first-order valence-electron chi connectivity index (χ1n) is 11.5. The van der Waals surface area contributed by atoms with E-state index in [1.165, 1.54) is 5.56 Å². The number of para-hydroxylation sites is 1. The smallest absolute Gasteiger partial charge is 0.284 e. The first kappa shape index (κ1) is 21.0. The van der Waals surface area contributed by atoms with Gasteiger partial charge in [0.05, 0.1) is 6.21 Å². The molecule has 1 N–H and O–H groups in total. The van der Waals surface area contributed by atoms with Crippen LogP contribution in [0.2, 0.25) is 0 Å². The lowest BCUT2D eigenvalue weighted by Crippen LogP contribution is -2.42. The fraction of sp³-hybridized carbons (Fsp3) is 0.103. The molecule has 0 unspecified atom stereocenters. The Morgan fingerprint density at radius 3 is 2.49 bits per heavy atom. The van der Waals surface area contributed by atoms with Gasteiger partial charge in [-0.3, -0.25) is 4.79 Å². The number of rotatable bonds is 5. The van der Waals surface area contributed by atoms with Crippen molar-refractivity contribution in [2.24, 2.45) is 5.10 Å². The average Bonchev–Trinajstić information content (AvgIpc) is 3.25. The molecule has 0 bridgehead atoms. The SMILES string of the molecule is O=C(N/N=C\c1cn(Cc2ccccc2)c2ccccc12)[C@@H]1COc2cc3ccccc3cc2O1. The maximum absolute atomic E-state index is 12.7. The highest BCUT2D eigenvalue weighted by molar-refractivity contribution is 6.00. The van der Waals surface area contributed by atoms with Crippen LogP contribution in [0.4, 0.5) is 0 Å². The lowest BCUT2D eigenvalue weighted by molar-refractivity contribution is -0.130. The van der Waals surface area contributed by atoms with Gasteiger partial charge in [-0.05, 0) is 34.5 Å². The van der Waals surface area contributed by atoms with Crippen LogP contribution >= 0.6 is 0 Å². The maximum atomic E-state index is 12.7. The van der Waals surface area contributed by atoms with Crippen LogP contribution in [-0.4, -0.2) is 29.4 Å². The molecular formula is C29H23N3O3. The standard InChI is InChI=1S/C29H23N3O3/c33-29(28-19-34-26-14-21-10-4-5-11-22(21)15-27(26)35-28)31-30-16-23-18-32(17-20-8-2-1-3-9-20)25-13-7-6-12-24(23)25/h1-16,18,28H,17,19H2,(H,31,33)/b30-16-/t28-/m0/s1. The van der Waals surface area contributed by atoms with Gasteiger partial charge in [-0.1, -0.05) is 72.8 Å². The molecule has 35 heavy (non-hydrogen) atoms. The number of amides is 1. The minimum atomic E-state index is -0.778. The zero-order valence-electron chi connectivity index (χ0n) is 18.9. The third-order valence-electron chi connectivity index (χ3n) is 6.16. The summed E-state index contributed by atoms with van der Waals surface area (Å²) in [6, 6.07) is 30.3. The van der Waals surface area contributed by atoms with Gasteiger partial charge in [-0.25, -0.2) is 5.43 Å². The minimum absolute atomic E-state index is 0.128. The number of nitrogens with zero attached hydrogens (tertiary/aromatic N) is 2. The molecule has 0 saturated carbocycles. The summed E-state index contributed by atoms with van der Waals surface area (Å²) in [5.41, 5.74) is 5.86. The number of carbonyl (C=O) groups is 1. The van der Waals surface area contributed by atoms with Gasteiger partial charge in [-0.15, -0.1) is 0 Å². The largest absolute Gasteiger partial charge is 0.485 e. The van der Waals surface area contributed by atoms with Gasteiger partial charge in [0.1, 0.15) is 6.61 Å². The molecule has 0 fully saturated rings. The van der Waals surface area contributed by atoms with Crippen molar-refractivity contribution < 1.29 is 14.3 Å². The van der Waals surface area contributed by atoms with E-state index in [1.54, 1.807) is 6.21 Å². The summed E-state index contributed by atoms with van der Waals surface area (Å²) in [4.78, 5) is 12.7. The fourth-order valence-corrected chi connectivity index (χ4v) is 4.41. The zero-order valence-corrected chi connectivity index (χ0v) is 18.9. The monoisotopic (exact) mass is 461 g/mol. The number of fused-ring (bicyclic) bond motifs is 3. The van der Waals surface area contributed by atoms with Gasteiger partial charge in [0.25, 0.3) is 5.91 Å². The molecule has 0 aliphatic carbocycles. The number of aromatic nitrogens is 1. The normalized spacial score (nSPS) is 15.0. The van der Waals surface area contributed by atoms with E-state index in [0.29, 0.717) is 11.5 Å². The molecule has 6 heteroatoms. The van der Waals surface area contributed by atoms with Crippen molar-refractivity contribution in [3.63, 3.8) is 0 Å². The second kappa shape index (κ2) is 8.99. The summed E-state index contributed by atoms with van der Waals surface area (Å²) < 4.78 is 13.9. The summed E-state index contributed by atoms with van der Waals surface area (Å²) in [6.45, 7) is 0.881. The highest BCUT2D eigenvalue weighted by Crippen LogP contribution is 2.35. The third-order valence-corrected chi connectivity index (χ3v) is 6.16. The first-order valence-corrected chi connectivity index (χ1v) is 11.5.